The van der Waals surface area contributed by atoms with Crippen LogP contribution in [0.3, 0.4) is 0 Å². The fraction of sp³-hybridized carbons (Fsp3) is 0.0833. The molecule has 2 aromatic heterocycles. The number of benzene rings is 1. The lowest BCUT2D eigenvalue weighted by atomic mass is 10.1. The van der Waals surface area contributed by atoms with Gasteiger partial charge in [-0.05, 0) is 19.1 Å². The molecule has 0 aliphatic rings. The van der Waals surface area contributed by atoms with Gasteiger partial charge in [-0.15, -0.1) is 0 Å². The number of rotatable bonds is 1. The highest BCUT2D eigenvalue weighted by atomic mass is 16.2. The quantitative estimate of drug-likeness (QED) is 0.474. The summed E-state index contributed by atoms with van der Waals surface area (Å²) in [7, 11) is 0. The summed E-state index contributed by atoms with van der Waals surface area (Å²) in [5.41, 5.74) is 7.48. The van der Waals surface area contributed by atoms with Crippen molar-refractivity contribution in [2.75, 3.05) is 5.73 Å². The highest BCUT2D eigenvalue weighted by Crippen LogP contribution is 2.25. The molecule has 3 aromatic rings. The van der Waals surface area contributed by atoms with Crippen LogP contribution in [0.1, 0.15) is 5.56 Å². The molecule has 0 aliphatic heterocycles. The van der Waals surface area contributed by atoms with E-state index in [1.54, 1.807) is 6.07 Å². The van der Waals surface area contributed by atoms with Crippen molar-refractivity contribution in [2.24, 2.45) is 0 Å². The Kier molecular flexibility index (Phi) is 2.28. The Labute approximate surface area is 106 Å². The average molecular weight is 257 g/mol. The van der Waals surface area contributed by atoms with Gasteiger partial charge in [-0.25, -0.2) is 9.78 Å². The molecular formula is C12H11N5O2. The number of aromatic nitrogens is 4. The van der Waals surface area contributed by atoms with Crippen molar-refractivity contribution in [3.05, 3.63) is 44.6 Å². The van der Waals surface area contributed by atoms with E-state index in [1.165, 1.54) is 0 Å². The summed E-state index contributed by atoms with van der Waals surface area (Å²) in [5, 5.41) is 0. The number of nitrogens with two attached hydrogens (primary N) is 1. The first-order valence-electron chi connectivity index (χ1n) is 5.63. The van der Waals surface area contributed by atoms with Crippen molar-refractivity contribution in [1.82, 2.24) is 19.9 Å². The van der Waals surface area contributed by atoms with Gasteiger partial charge in [-0.1, -0.05) is 11.6 Å². The first kappa shape index (κ1) is 11.3. The number of hydrogen-bond acceptors (Lipinski definition) is 4. The van der Waals surface area contributed by atoms with Crippen LogP contribution >= 0.6 is 0 Å². The fourth-order valence-electron chi connectivity index (χ4n) is 1.94. The molecule has 0 radical (unpaired) electrons. The van der Waals surface area contributed by atoms with Crippen LogP contribution in [-0.4, -0.2) is 19.9 Å². The zero-order valence-corrected chi connectivity index (χ0v) is 10.1. The van der Waals surface area contributed by atoms with Crippen molar-refractivity contribution in [2.45, 2.75) is 6.92 Å². The van der Waals surface area contributed by atoms with Crippen LogP contribution in [-0.2, 0) is 0 Å². The minimum atomic E-state index is -0.590. The van der Waals surface area contributed by atoms with E-state index in [4.69, 9.17) is 5.73 Å². The zero-order chi connectivity index (χ0) is 13.6. The van der Waals surface area contributed by atoms with Gasteiger partial charge in [0.1, 0.15) is 11.3 Å². The molecule has 0 unspecified atom stereocenters. The van der Waals surface area contributed by atoms with E-state index in [-0.39, 0.29) is 11.2 Å². The maximum atomic E-state index is 11.6. The molecule has 5 N–H and O–H groups in total. The Balaban J connectivity index is 2.32. The summed E-state index contributed by atoms with van der Waals surface area (Å²) in [6.07, 6.45) is 0. The molecule has 2 heterocycles. The van der Waals surface area contributed by atoms with E-state index in [9.17, 15) is 9.59 Å². The monoisotopic (exact) mass is 257 g/mol. The van der Waals surface area contributed by atoms with Gasteiger partial charge >= 0.3 is 5.69 Å². The predicted octanol–water partition coefficient (Wildman–Crippen LogP) is 0.497. The largest absolute Gasteiger partial charge is 0.398 e. The van der Waals surface area contributed by atoms with Crippen molar-refractivity contribution >= 4 is 16.9 Å². The second kappa shape index (κ2) is 3.84. The molecule has 0 fully saturated rings. The van der Waals surface area contributed by atoms with E-state index in [0.717, 1.165) is 5.56 Å². The van der Waals surface area contributed by atoms with E-state index in [1.807, 2.05) is 19.1 Å². The molecule has 0 saturated carbocycles. The molecule has 3 rings (SSSR count). The molecule has 0 aliphatic carbocycles. The van der Waals surface area contributed by atoms with Crippen molar-refractivity contribution in [1.29, 1.82) is 0 Å². The van der Waals surface area contributed by atoms with Crippen molar-refractivity contribution in [3.63, 3.8) is 0 Å². The van der Waals surface area contributed by atoms with Gasteiger partial charge < -0.3 is 10.7 Å². The Morgan fingerprint density at radius 3 is 2.74 bits per heavy atom. The Morgan fingerprint density at radius 2 is 1.95 bits per heavy atom. The lowest BCUT2D eigenvalue weighted by Crippen LogP contribution is -2.21. The van der Waals surface area contributed by atoms with E-state index >= 15 is 0 Å². The fourth-order valence-corrected chi connectivity index (χ4v) is 1.94. The second-order valence-corrected chi connectivity index (χ2v) is 4.31. The maximum Gasteiger partial charge on any atom is 0.327 e. The van der Waals surface area contributed by atoms with E-state index in [0.29, 0.717) is 17.1 Å². The van der Waals surface area contributed by atoms with Gasteiger partial charge in [0.25, 0.3) is 5.56 Å². The van der Waals surface area contributed by atoms with Crippen LogP contribution in [0, 0.1) is 6.92 Å². The van der Waals surface area contributed by atoms with Gasteiger partial charge in [0.2, 0.25) is 0 Å². The van der Waals surface area contributed by atoms with Gasteiger partial charge in [0.05, 0.1) is 0 Å². The molecule has 0 saturated heterocycles. The predicted molar refractivity (Wildman–Crippen MR) is 71.9 cm³/mol. The van der Waals surface area contributed by atoms with Crippen LogP contribution in [0.25, 0.3) is 22.6 Å². The number of hydrogen-bond donors (Lipinski definition) is 4. The molecular weight excluding hydrogens is 246 g/mol. The summed E-state index contributed by atoms with van der Waals surface area (Å²) in [4.78, 5) is 34.5. The standard InChI is InChI=1S/C12H11N5O2/c1-5-2-3-7(13)6(4-5)9-14-8-10(15-9)16-12(19)17-11(8)18/h2-4H,13H2,1H3,(H3,14,15,16,17,18,19). The van der Waals surface area contributed by atoms with Crippen molar-refractivity contribution < 1.29 is 0 Å². The number of fused-ring (bicyclic) bond motifs is 1. The number of H-pyrrole nitrogens is 3. The normalized spacial score (nSPS) is 11.0. The third-order valence-corrected chi connectivity index (χ3v) is 2.85. The summed E-state index contributed by atoms with van der Waals surface area (Å²) < 4.78 is 0. The molecule has 0 spiro atoms. The number of anilines is 1. The van der Waals surface area contributed by atoms with Crippen molar-refractivity contribution in [3.8, 4) is 11.4 Å². The van der Waals surface area contributed by atoms with Crippen LogP contribution in [0.5, 0.6) is 0 Å². The number of nitrogens with zero attached hydrogens (tertiary/aromatic N) is 1. The molecule has 1 aromatic carbocycles. The summed E-state index contributed by atoms with van der Waals surface area (Å²) in [6.45, 7) is 1.93. The third kappa shape index (κ3) is 1.81. The first-order valence-corrected chi connectivity index (χ1v) is 5.63. The van der Waals surface area contributed by atoms with Gasteiger partial charge in [0.15, 0.2) is 5.65 Å². The highest BCUT2D eigenvalue weighted by Gasteiger charge is 2.11. The molecule has 19 heavy (non-hydrogen) atoms. The molecule has 7 nitrogen and oxygen atoms in total. The lowest BCUT2D eigenvalue weighted by Gasteiger charge is -2.02. The minimum Gasteiger partial charge on any atom is -0.398 e. The number of aromatic amines is 3. The second-order valence-electron chi connectivity index (χ2n) is 4.31. The highest BCUT2D eigenvalue weighted by molar-refractivity contribution is 5.79. The molecule has 0 atom stereocenters. The molecule has 7 heteroatoms. The van der Waals surface area contributed by atoms with Crippen LogP contribution in [0.4, 0.5) is 5.69 Å². The number of imidazole rings is 1. The summed E-state index contributed by atoms with van der Waals surface area (Å²) in [6, 6.07) is 5.51. The summed E-state index contributed by atoms with van der Waals surface area (Å²) >= 11 is 0. The molecule has 96 valence electrons. The Hall–Kier alpha value is -2.83. The number of nitrogens with one attached hydrogen (secondary N) is 3. The third-order valence-electron chi connectivity index (χ3n) is 2.85. The van der Waals surface area contributed by atoms with Crippen LogP contribution in [0.2, 0.25) is 0 Å². The number of aryl methyl sites for hydroxylation is 1. The average Bonchev–Trinajstić information content (AvgIpc) is 2.76. The SMILES string of the molecule is Cc1ccc(N)c(-c2nc3[nH]c(=O)[nH]c(=O)c3[nH]2)c1. The van der Waals surface area contributed by atoms with Crippen LogP contribution in [0.15, 0.2) is 27.8 Å². The molecule has 0 amide bonds. The van der Waals surface area contributed by atoms with Gasteiger partial charge in [-0.3, -0.25) is 14.8 Å². The lowest BCUT2D eigenvalue weighted by molar-refractivity contribution is 1.07. The molecule has 0 bridgehead atoms. The van der Waals surface area contributed by atoms with E-state index in [2.05, 4.69) is 19.9 Å². The number of nitrogen functional groups attached to an aromatic ring is 1. The van der Waals surface area contributed by atoms with Crippen LogP contribution < -0.4 is 17.0 Å². The Bertz CT molecular complexity index is 887. The minimum absolute atomic E-state index is 0.213. The first-order chi connectivity index (χ1) is 9.04. The van der Waals surface area contributed by atoms with E-state index < -0.39 is 11.2 Å². The Morgan fingerprint density at radius 1 is 1.16 bits per heavy atom. The van der Waals surface area contributed by atoms with Gasteiger partial charge in [0, 0.05) is 11.3 Å². The maximum absolute atomic E-state index is 11.6. The topological polar surface area (TPSA) is 120 Å². The summed E-state index contributed by atoms with van der Waals surface area (Å²) in [5.74, 6) is 0.448. The van der Waals surface area contributed by atoms with Gasteiger partial charge in [-0.2, -0.15) is 0 Å². The zero-order valence-electron chi connectivity index (χ0n) is 10.1. The smallest absolute Gasteiger partial charge is 0.327 e.